The van der Waals surface area contributed by atoms with Gasteiger partial charge in [-0.15, -0.1) is 0 Å². The Bertz CT molecular complexity index is 522. The fourth-order valence-electron chi connectivity index (χ4n) is 1.22. The second-order valence-corrected chi connectivity index (χ2v) is 3.07. The molecule has 0 amide bonds. The minimum Gasteiger partial charge on any atom is -0.391 e. The van der Waals surface area contributed by atoms with Crippen molar-refractivity contribution in [2.75, 3.05) is 5.73 Å². The summed E-state index contributed by atoms with van der Waals surface area (Å²) in [5, 5.41) is 17.7. The first-order chi connectivity index (χ1) is 6.61. The van der Waals surface area contributed by atoms with Crippen molar-refractivity contribution in [3.05, 3.63) is 27.4 Å². The quantitative estimate of drug-likeness (QED) is 0.427. The van der Waals surface area contributed by atoms with E-state index in [2.05, 4.69) is 10.2 Å². The van der Waals surface area contributed by atoms with Gasteiger partial charge in [-0.25, -0.2) is 0 Å². The summed E-state index contributed by atoms with van der Waals surface area (Å²) in [6.07, 6.45) is 0. The lowest BCUT2D eigenvalue weighted by Gasteiger charge is -1.96. The maximum Gasteiger partial charge on any atom is 0.294 e. The molecule has 0 unspecified atom stereocenters. The van der Waals surface area contributed by atoms with Crippen LogP contribution in [-0.4, -0.2) is 15.1 Å². The molecule has 1 aromatic heterocycles. The van der Waals surface area contributed by atoms with Gasteiger partial charge < -0.3 is 5.73 Å². The summed E-state index contributed by atoms with van der Waals surface area (Å²) >= 11 is 5.73. The Hall–Kier alpha value is -1.82. The number of hydrogen-bond acceptors (Lipinski definition) is 4. The zero-order valence-electron chi connectivity index (χ0n) is 6.82. The van der Waals surface area contributed by atoms with Crippen molar-refractivity contribution in [2.45, 2.75) is 0 Å². The van der Waals surface area contributed by atoms with Gasteiger partial charge in [0.15, 0.2) is 0 Å². The van der Waals surface area contributed by atoms with Crippen molar-refractivity contribution in [1.82, 2.24) is 10.2 Å². The maximum atomic E-state index is 10.5. The van der Waals surface area contributed by atoms with E-state index in [1.807, 2.05) is 0 Å². The largest absolute Gasteiger partial charge is 0.391 e. The van der Waals surface area contributed by atoms with Crippen LogP contribution in [-0.2, 0) is 0 Å². The molecule has 3 N–H and O–H groups in total. The van der Waals surface area contributed by atoms with E-state index in [1.165, 1.54) is 12.1 Å². The zero-order valence-corrected chi connectivity index (χ0v) is 7.58. The number of anilines is 1. The summed E-state index contributed by atoms with van der Waals surface area (Å²) in [5.41, 5.74) is 5.73. The lowest BCUT2D eigenvalue weighted by molar-refractivity contribution is -0.383. The van der Waals surface area contributed by atoms with Gasteiger partial charge in [0.1, 0.15) is 16.4 Å². The van der Waals surface area contributed by atoms with Crippen molar-refractivity contribution in [3.63, 3.8) is 0 Å². The molecular formula is C7H5ClN4O2. The molecule has 2 rings (SSSR count). The number of nitro groups is 1. The van der Waals surface area contributed by atoms with Gasteiger partial charge in [0.05, 0.1) is 4.92 Å². The number of aromatic nitrogens is 2. The molecular weight excluding hydrogens is 208 g/mol. The topological polar surface area (TPSA) is 97.8 Å². The van der Waals surface area contributed by atoms with Crippen molar-refractivity contribution in [2.24, 2.45) is 0 Å². The number of H-pyrrole nitrogens is 1. The predicted octanol–water partition coefficient (Wildman–Crippen LogP) is 1.71. The average Bonchev–Trinajstić information content (AvgIpc) is 2.49. The Morgan fingerprint density at radius 1 is 1.57 bits per heavy atom. The SMILES string of the molecule is Nc1c([N+](=O)[O-])ccc2c(Cl)[nH]nc12. The number of fused-ring (bicyclic) bond motifs is 1. The molecule has 1 heterocycles. The van der Waals surface area contributed by atoms with Crippen LogP contribution in [0.3, 0.4) is 0 Å². The second kappa shape index (κ2) is 2.85. The van der Waals surface area contributed by atoms with E-state index in [0.29, 0.717) is 16.1 Å². The molecule has 0 atom stereocenters. The highest BCUT2D eigenvalue weighted by Gasteiger charge is 2.16. The Labute approximate surface area is 82.8 Å². The first-order valence-electron chi connectivity index (χ1n) is 3.67. The molecule has 14 heavy (non-hydrogen) atoms. The highest BCUT2D eigenvalue weighted by atomic mass is 35.5. The fourth-order valence-corrected chi connectivity index (χ4v) is 1.41. The summed E-state index contributed by atoms with van der Waals surface area (Å²) < 4.78 is 0. The van der Waals surface area contributed by atoms with Crippen LogP contribution in [0.25, 0.3) is 10.9 Å². The molecule has 0 fully saturated rings. The molecule has 72 valence electrons. The van der Waals surface area contributed by atoms with E-state index < -0.39 is 4.92 Å². The van der Waals surface area contributed by atoms with Gasteiger partial charge in [0.2, 0.25) is 0 Å². The molecule has 0 saturated carbocycles. The van der Waals surface area contributed by atoms with Crippen molar-refractivity contribution < 1.29 is 4.92 Å². The highest BCUT2D eigenvalue weighted by molar-refractivity contribution is 6.34. The number of rotatable bonds is 1. The van der Waals surface area contributed by atoms with Gasteiger partial charge in [-0.2, -0.15) is 5.10 Å². The van der Waals surface area contributed by atoms with E-state index in [-0.39, 0.29) is 11.4 Å². The van der Waals surface area contributed by atoms with Crippen molar-refractivity contribution in [3.8, 4) is 0 Å². The molecule has 0 aliphatic carbocycles. The van der Waals surface area contributed by atoms with E-state index in [4.69, 9.17) is 17.3 Å². The molecule has 6 nitrogen and oxygen atoms in total. The third-order valence-electron chi connectivity index (χ3n) is 1.89. The Kier molecular flexibility index (Phi) is 1.78. The fraction of sp³-hybridized carbons (Fsp3) is 0. The number of benzene rings is 1. The minimum atomic E-state index is -0.558. The monoisotopic (exact) mass is 212 g/mol. The molecule has 0 aliphatic rings. The van der Waals surface area contributed by atoms with Crippen LogP contribution in [0.15, 0.2) is 12.1 Å². The first-order valence-corrected chi connectivity index (χ1v) is 4.05. The number of nitrogens with two attached hydrogens (primary N) is 1. The van der Waals surface area contributed by atoms with Crippen LogP contribution in [0.4, 0.5) is 11.4 Å². The summed E-state index contributed by atoms with van der Waals surface area (Å²) in [7, 11) is 0. The van der Waals surface area contributed by atoms with Crippen LogP contribution >= 0.6 is 11.6 Å². The Morgan fingerprint density at radius 2 is 2.29 bits per heavy atom. The summed E-state index contributed by atoms with van der Waals surface area (Å²) in [6.45, 7) is 0. The lowest BCUT2D eigenvalue weighted by atomic mass is 10.2. The minimum absolute atomic E-state index is 0.0238. The molecule has 7 heteroatoms. The van der Waals surface area contributed by atoms with Crippen LogP contribution in [0.5, 0.6) is 0 Å². The van der Waals surface area contributed by atoms with Crippen LogP contribution in [0, 0.1) is 10.1 Å². The van der Waals surface area contributed by atoms with Crippen LogP contribution < -0.4 is 5.73 Å². The van der Waals surface area contributed by atoms with E-state index >= 15 is 0 Å². The standard InChI is InChI=1S/C7H5ClN4O2/c8-7-3-1-2-4(12(13)14)5(9)6(3)10-11-7/h1-2H,9H2,(H,10,11). The Balaban J connectivity index is 2.82. The van der Waals surface area contributed by atoms with Crippen LogP contribution in [0.1, 0.15) is 0 Å². The number of nitro benzene ring substituents is 1. The molecule has 0 radical (unpaired) electrons. The normalized spacial score (nSPS) is 10.6. The number of hydrogen-bond donors (Lipinski definition) is 2. The molecule has 0 aliphatic heterocycles. The number of nitrogens with one attached hydrogen (secondary N) is 1. The first kappa shape index (κ1) is 8.76. The Morgan fingerprint density at radius 3 is 2.93 bits per heavy atom. The van der Waals surface area contributed by atoms with E-state index in [9.17, 15) is 10.1 Å². The number of nitrogens with zero attached hydrogens (tertiary/aromatic N) is 2. The second-order valence-electron chi connectivity index (χ2n) is 2.69. The molecule has 0 bridgehead atoms. The molecule has 1 aromatic carbocycles. The highest BCUT2D eigenvalue weighted by Crippen LogP contribution is 2.31. The molecule has 0 spiro atoms. The number of halogens is 1. The molecule has 2 aromatic rings. The van der Waals surface area contributed by atoms with Gasteiger partial charge in [0.25, 0.3) is 5.69 Å². The third kappa shape index (κ3) is 1.08. The summed E-state index contributed by atoms with van der Waals surface area (Å²) in [6, 6.07) is 2.81. The van der Waals surface area contributed by atoms with E-state index in [1.54, 1.807) is 0 Å². The van der Waals surface area contributed by atoms with Crippen molar-refractivity contribution >= 4 is 33.9 Å². The van der Waals surface area contributed by atoms with Crippen LogP contribution in [0.2, 0.25) is 5.15 Å². The number of nitrogen functional groups attached to an aromatic ring is 1. The van der Waals surface area contributed by atoms with Gasteiger partial charge in [-0.3, -0.25) is 15.2 Å². The number of aromatic amines is 1. The third-order valence-corrected chi connectivity index (χ3v) is 2.18. The van der Waals surface area contributed by atoms with Gasteiger partial charge >= 0.3 is 0 Å². The summed E-state index contributed by atoms with van der Waals surface area (Å²) in [5.74, 6) is 0. The van der Waals surface area contributed by atoms with Gasteiger partial charge in [0, 0.05) is 11.5 Å². The smallest absolute Gasteiger partial charge is 0.294 e. The summed E-state index contributed by atoms with van der Waals surface area (Å²) in [4.78, 5) is 9.97. The maximum absolute atomic E-state index is 10.5. The van der Waals surface area contributed by atoms with Gasteiger partial charge in [-0.05, 0) is 6.07 Å². The van der Waals surface area contributed by atoms with Crippen molar-refractivity contribution in [1.29, 1.82) is 0 Å². The average molecular weight is 213 g/mol. The predicted molar refractivity (Wildman–Crippen MR) is 52.2 cm³/mol. The van der Waals surface area contributed by atoms with E-state index in [0.717, 1.165) is 0 Å². The zero-order chi connectivity index (χ0) is 10.3. The lowest BCUT2D eigenvalue weighted by Crippen LogP contribution is -1.95. The molecule has 0 saturated heterocycles. The van der Waals surface area contributed by atoms with Gasteiger partial charge in [-0.1, -0.05) is 11.6 Å².